The third-order valence-corrected chi connectivity index (χ3v) is 4.38. The van der Waals surface area contributed by atoms with Gasteiger partial charge in [-0.3, -0.25) is 4.79 Å². The molecule has 3 rings (SSSR count). The molecular weight excluding hydrogens is 345 g/mol. The fraction of sp³-hybridized carbons (Fsp3) is 0.300. The first kappa shape index (κ1) is 19.0. The number of imidazole rings is 1. The van der Waals surface area contributed by atoms with Crippen LogP contribution in [0.25, 0.3) is 22.2 Å². The topological polar surface area (TPSA) is 110 Å². The average molecular weight is 369 g/mol. The van der Waals surface area contributed by atoms with Crippen LogP contribution >= 0.6 is 0 Å². The molecule has 0 radical (unpaired) electrons. The highest BCUT2D eigenvalue weighted by molar-refractivity contribution is 5.83. The number of hydrogen-bond acceptors (Lipinski definition) is 4. The van der Waals surface area contributed by atoms with E-state index in [9.17, 15) is 9.18 Å². The molecule has 0 fully saturated rings. The van der Waals surface area contributed by atoms with Gasteiger partial charge in [0.25, 0.3) is 0 Å². The van der Waals surface area contributed by atoms with Crippen LogP contribution in [0.4, 0.5) is 4.39 Å². The van der Waals surface area contributed by atoms with Crippen molar-refractivity contribution in [1.29, 1.82) is 0 Å². The van der Waals surface area contributed by atoms with Crippen LogP contribution in [0, 0.1) is 5.82 Å². The molecule has 0 aliphatic rings. The summed E-state index contributed by atoms with van der Waals surface area (Å²) in [7, 11) is 0. The summed E-state index contributed by atoms with van der Waals surface area (Å²) in [6.07, 6.45) is 1.79. The fourth-order valence-electron chi connectivity index (χ4n) is 2.91. The van der Waals surface area contributed by atoms with Gasteiger partial charge >= 0.3 is 0 Å². The second kappa shape index (κ2) is 8.75. The molecule has 1 atom stereocenters. The molecule has 1 unspecified atom stereocenters. The molecule has 142 valence electrons. The van der Waals surface area contributed by atoms with Crippen molar-refractivity contribution in [3.05, 3.63) is 54.1 Å². The van der Waals surface area contributed by atoms with Gasteiger partial charge in [0.15, 0.2) is 0 Å². The van der Waals surface area contributed by atoms with Crippen molar-refractivity contribution in [2.24, 2.45) is 11.5 Å². The molecule has 1 heterocycles. The van der Waals surface area contributed by atoms with E-state index in [0.29, 0.717) is 18.9 Å². The molecule has 0 bridgehead atoms. The highest BCUT2D eigenvalue weighted by atomic mass is 19.1. The minimum absolute atomic E-state index is 0.0913. The summed E-state index contributed by atoms with van der Waals surface area (Å²) in [5.74, 6) is 0.197. The Kier molecular flexibility index (Phi) is 6.16. The van der Waals surface area contributed by atoms with Crippen molar-refractivity contribution in [1.82, 2.24) is 15.3 Å². The Morgan fingerprint density at radius 1 is 1.19 bits per heavy atom. The molecule has 0 aliphatic heterocycles. The lowest BCUT2D eigenvalue weighted by molar-refractivity contribution is -0.120. The number of hydrogen-bond donors (Lipinski definition) is 4. The molecule has 0 spiro atoms. The molecular formula is C20H24FN5O. The second-order valence-corrected chi connectivity index (χ2v) is 6.59. The van der Waals surface area contributed by atoms with Crippen molar-refractivity contribution in [2.45, 2.75) is 25.3 Å². The molecule has 0 saturated heterocycles. The molecule has 6 nitrogen and oxygen atoms in total. The van der Waals surface area contributed by atoms with Gasteiger partial charge in [-0.25, -0.2) is 9.37 Å². The lowest BCUT2D eigenvalue weighted by Gasteiger charge is -2.11. The van der Waals surface area contributed by atoms with E-state index in [2.05, 4.69) is 15.3 Å². The van der Waals surface area contributed by atoms with Crippen LogP contribution in [0.2, 0.25) is 0 Å². The van der Waals surface area contributed by atoms with Gasteiger partial charge < -0.3 is 21.8 Å². The van der Waals surface area contributed by atoms with E-state index < -0.39 is 0 Å². The molecule has 1 aromatic heterocycles. The van der Waals surface area contributed by atoms with E-state index in [-0.39, 0.29) is 24.2 Å². The van der Waals surface area contributed by atoms with Gasteiger partial charge in [-0.15, -0.1) is 0 Å². The number of nitrogens with zero attached hydrogens (tertiary/aromatic N) is 1. The largest absolute Gasteiger partial charge is 0.354 e. The summed E-state index contributed by atoms with van der Waals surface area (Å²) in [6.45, 7) is 1.02. The minimum atomic E-state index is -0.266. The highest BCUT2D eigenvalue weighted by Crippen LogP contribution is 2.23. The zero-order valence-electron chi connectivity index (χ0n) is 15.0. The van der Waals surface area contributed by atoms with Gasteiger partial charge in [0.05, 0.1) is 17.5 Å². The number of nitrogens with two attached hydrogens (primary N) is 2. The monoisotopic (exact) mass is 369 g/mol. The lowest BCUT2D eigenvalue weighted by Crippen LogP contribution is -2.38. The molecule has 2 aromatic carbocycles. The number of rotatable bonds is 8. The number of carbonyl (C=O) groups is 1. The average Bonchev–Trinajstić information content (AvgIpc) is 3.06. The second-order valence-electron chi connectivity index (χ2n) is 6.59. The van der Waals surface area contributed by atoms with Crippen molar-refractivity contribution < 1.29 is 9.18 Å². The molecule has 27 heavy (non-hydrogen) atoms. The van der Waals surface area contributed by atoms with Gasteiger partial charge in [-0.05, 0) is 54.8 Å². The first-order valence-electron chi connectivity index (χ1n) is 9.02. The molecule has 7 heteroatoms. The number of fused-ring (bicyclic) bond motifs is 1. The zero-order chi connectivity index (χ0) is 19.2. The number of H-pyrrole nitrogens is 1. The predicted molar refractivity (Wildman–Crippen MR) is 104 cm³/mol. The maximum absolute atomic E-state index is 13.1. The van der Waals surface area contributed by atoms with Crippen LogP contribution in [-0.2, 0) is 11.2 Å². The van der Waals surface area contributed by atoms with E-state index in [0.717, 1.165) is 35.0 Å². The maximum atomic E-state index is 13.1. The number of halogens is 1. The number of carbonyl (C=O) groups excluding carboxylic acids is 1. The summed E-state index contributed by atoms with van der Waals surface area (Å²) in [5, 5.41) is 2.83. The fourth-order valence-corrected chi connectivity index (χ4v) is 2.91. The smallest absolute Gasteiger partial charge is 0.227 e. The van der Waals surface area contributed by atoms with Crippen LogP contribution < -0.4 is 16.8 Å². The van der Waals surface area contributed by atoms with Gasteiger partial charge in [-0.2, -0.15) is 0 Å². The van der Waals surface area contributed by atoms with Gasteiger partial charge in [0, 0.05) is 12.6 Å². The molecule has 6 N–H and O–H groups in total. The number of aromatic amines is 1. The van der Waals surface area contributed by atoms with Crippen LogP contribution in [0.5, 0.6) is 0 Å². The molecule has 1 amide bonds. The third-order valence-electron chi connectivity index (χ3n) is 4.38. The Bertz CT molecular complexity index is 906. The summed E-state index contributed by atoms with van der Waals surface area (Å²) in [5.41, 5.74) is 14.9. The van der Waals surface area contributed by atoms with Gasteiger partial charge in [0.1, 0.15) is 11.6 Å². The number of amides is 1. The minimum Gasteiger partial charge on any atom is -0.354 e. The summed E-state index contributed by atoms with van der Waals surface area (Å²) in [6, 6.07) is 12.0. The van der Waals surface area contributed by atoms with Crippen LogP contribution in [-0.4, -0.2) is 35.0 Å². The van der Waals surface area contributed by atoms with Crippen molar-refractivity contribution in [3.63, 3.8) is 0 Å². The first-order chi connectivity index (χ1) is 13.0. The zero-order valence-corrected chi connectivity index (χ0v) is 15.0. The summed E-state index contributed by atoms with van der Waals surface area (Å²) in [4.78, 5) is 19.7. The number of aromatic nitrogens is 2. The maximum Gasteiger partial charge on any atom is 0.227 e. The Hall–Kier alpha value is -2.77. The van der Waals surface area contributed by atoms with E-state index in [1.165, 1.54) is 12.1 Å². The Balaban J connectivity index is 1.64. The quantitative estimate of drug-likeness (QED) is 0.487. The van der Waals surface area contributed by atoms with E-state index in [4.69, 9.17) is 11.5 Å². The molecule has 3 aromatic rings. The number of nitrogens with one attached hydrogen (secondary N) is 2. The van der Waals surface area contributed by atoms with Crippen LogP contribution in [0.3, 0.4) is 0 Å². The van der Waals surface area contributed by atoms with Gasteiger partial charge in [0.2, 0.25) is 5.91 Å². The number of benzene rings is 2. The summed E-state index contributed by atoms with van der Waals surface area (Å²) >= 11 is 0. The molecule has 0 aliphatic carbocycles. The lowest BCUT2D eigenvalue weighted by atomic mass is 10.1. The Labute approximate surface area is 157 Å². The Morgan fingerprint density at radius 3 is 2.67 bits per heavy atom. The predicted octanol–water partition coefficient (Wildman–Crippen LogP) is 2.09. The Morgan fingerprint density at radius 2 is 1.93 bits per heavy atom. The van der Waals surface area contributed by atoms with Crippen molar-refractivity contribution in [3.8, 4) is 11.1 Å². The normalized spacial score (nSPS) is 12.3. The van der Waals surface area contributed by atoms with E-state index in [1.807, 2.05) is 18.2 Å². The SMILES string of the molecule is NCCCC(N)CNC(=O)Cc1nc2ccc(-c3ccc(F)cc3)cc2[nH]1. The van der Waals surface area contributed by atoms with Crippen molar-refractivity contribution >= 4 is 16.9 Å². The molecule has 0 saturated carbocycles. The third kappa shape index (κ3) is 5.12. The van der Waals surface area contributed by atoms with Crippen molar-refractivity contribution in [2.75, 3.05) is 13.1 Å². The van der Waals surface area contributed by atoms with E-state index in [1.54, 1.807) is 12.1 Å². The standard InChI is InChI=1S/C20H24FN5O/c21-15-6-3-13(4-7-15)14-5-8-17-18(10-14)26-19(25-17)11-20(27)24-12-16(23)2-1-9-22/h3-8,10,16H,1-2,9,11-12,22-23H2,(H,24,27)(H,25,26). The van der Waals surface area contributed by atoms with Gasteiger partial charge in [-0.1, -0.05) is 18.2 Å². The van der Waals surface area contributed by atoms with E-state index >= 15 is 0 Å². The first-order valence-corrected chi connectivity index (χ1v) is 9.02. The van der Waals surface area contributed by atoms with Crippen LogP contribution in [0.1, 0.15) is 18.7 Å². The summed E-state index contributed by atoms with van der Waals surface area (Å²) < 4.78 is 13.1. The highest BCUT2D eigenvalue weighted by Gasteiger charge is 2.11. The van der Waals surface area contributed by atoms with Crippen LogP contribution in [0.15, 0.2) is 42.5 Å².